The number of aromatic nitrogens is 1. The average Bonchev–Trinajstić information content (AvgIpc) is 2.15. The fourth-order valence-electron chi connectivity index (χ4n) is 0.609. The Labute approximate surface area is 88.1 Å². The van der Waals surface area contributed by atoms with Crippen LogP contribution in [-0.4, -0.2) is 26.3 Å². The van der Waals surface area contributed by atoms with Crippen LogP contribution in [-0.2, 0) is 10.1 Å². The number of hydrogen-bond donors (Lipinski definition) is 0. The van der Waals surface area contributed by atoms with Crippen LogP contribution < -0.4 is 9.57 Å². The summed E-state index contributed by atoms with van der Waals surface area (Å²) in [5.74, 6) is 0. The molecule has 0 aromatic carbocycles. The summed E-state index contributed by atoms with van der Waals surface area (Å²) in [4.78, 5) is 4.82. The molecule has 0 saturated carbocycles. The topological polar surface area (TPSA) is 94.1 Å². The van der Waals surface area contributed by atoms with E-state index in [0.29, 0.717) is 11.8 Å². The Morgan fingerprint density at radius 3 is 2.13 bits per heavy atom. The van der Waals surface area contributed by atoms with Gasteiger partial charge in [-0.2, -0.15) is 5.26 Å². The molecule has 1 aromatic rings. The van der Waals surface area contributed by atoms with Gasteiger partial charge in [-0.15, -0.1) is 0 Å². The number of rotatable bonds is 1. The van der Waals surface area contributed by atoms with E-state index in [1.807, 2.05) is 6.07 Å². The Kier molecular flexibility index (Phi) is 5.30. The third kappa shape index (κ3) is 8.67. The van der Waals surface area contributed by atoms with Crippen molar-refractivity contribution in [3.8, 4) is 6.07 Å². The molecule has 0 atom stereocenters. The van der Waals surface area contributed by atoms with Crippen molar-refractivity contribution >= 4 is 10.1 Å². The molecule has 0 bridgehead atoms. The molecule has 0 saturated heterocycles. The van der Waals surface area contributed by atoms with Crippen molar-refractivity contribution in [2.75, 3.05) is 13.4 Å². The molecule has 1 rings (SSSR count). The smallest absolute Gasteiger partial charge is 0.223 e. The van der Waals surface area contributed by atoms with Crippen LogP contribution in [0.2, 0.25) is 0 Å². The molecule has 0 amide bonds. The van der Waals surface area contributed by atoms with E-state index < -0.39 is 10.1 Å². The molecule has 82 valence electrons. The second-order valence-electron chi connectivity index (χ2n) is 2.45. The predicted octanol–water partition coefficient (Wildman–Crippen LogP) is -0.934. The first kappa shape index (κ1) is 13.4. The van der Waals surface area contributed by atoms with Crippen LogP contribution in [0.5, 0.6) is 0 Å². The van der Waals surface area contributed by atoms with Gasteiger partial charge < -0.3 is 4.55 Å². The first-order valence-corrected chi connectivity index (χ1v) is 5.55. The van der Waals surface area contributed by atoms with Gasteiger partial charge in [-0.1, -0.05) is 0 Å². The fourth-order valence-corrected chi connectivity index (χ4v) is 0.609. The van der Waals surface area contributed by atoms with Gasteiger partial charge in [0.15, 0.2) is 0 Å². The maximum Gasteiger partial charge on any atom is 0.223 e. The normalized spacial score (nSPS) is 9.47. The Morgan fingerprint density at radius 2 is 1.87 bits per heavy atom. The Bertz CT molecular complexity index is 425. The zero-order valence-corrected chi connectivity index (χ0v) is 9.06. The Morgan fingerprint density at radius 1 is 1.47 bits per heavy atom. The molecular formula is C8H10N2O4S. The second-order valence-corrected chi connectivity index (χ2v) is 3.85. The van der Waals surface area contributed by atoms with E-state index in [1.165, 1.54) is 4.73 Å². The minimum Gasteiger partial charge on any atom is -0.748 e. The van der Waals surface area contributed by atoms with Crippen molar-refractivity contribution in [1.29, 1.82) is 5.26 Å². The summed E-state index contributed by atoms with van der Waals surface area (Å²) < 4.78 is 28.7. The van der Waals surface area contributed by atoms with Crippen molar-refractivity contribution in [1.82, 2.24) is 0 Å². The van der Waals surface area contributed by atoms with Crippen molar-refractivity contribution in [3.63, 3.8) is 0 Å². The van der Waals surface area contributed by atoms with Crippen LogP contribution in [0, 0.1) is 11.3 Å². The third-order valence-corrected chi connectivity index (χ3v) is 1.14. The highest BCUT2D eigenvalue weighted by Crippen LogP contribution is 1.88. The number of pyridine rings is 1. The maximum absolute atomic E-state index is 9.08. The lowest BCUT2D eigenvalue weighted by atomic mass is 10.3. The van der Waals surface area contributed by atoms with E-state index >= 15 is 0 Å². The van der Waals surface area contributed by atoms with Gasteiger partial charge in [-0.05, 0) is 0 Å². The van der Waals surface area contributed by atoms with Gasteiger partial charge in [0.1, 0.15) is 7.11 Å². The summed E-state index contributed by atoms with van der Waals surface area (Å²) in [7, 11) is -2.36. The predicted molar refractivity (Wildman–Crippen MR) is 49.5 cm³/mol. The molecule has 0 fully saturated rings. The monoisotopic (exact) mass is 230 g/mol. The van der Waals surface area contributed by atoms with Crippen LogP contribution in [0.1, 0.15) is 5.56 Å². The maximum atomic E-state index is 9.08. The SMILES string of the molecule is CO[n+]1ccc(C#N)cc1.CS(=O)(=O)[O-]. The van der Waals surface area contributed by atoms with E-state index in [-0.39, 0.29) is 0 Å². The van der Waals surface area contributed by atoms with Crippen molar-refractivity contribution < 1.29 is 22.5 Å². The lowest BCUT2D eigenvalue weighted by molar-refractivity contribution is -0.885. The summed E-state index contributed by atoms with van der Waals surface area (Å²) in [6.45, 7) is 0. The van der Waals surface area contributed by atoms with Crippen molar-refractivity contribution in [2.24, 2.45) is 0 Å². The minimum atomic E-state index is -3.92. The van der Waals surface area contributed by atoms with Gasteiger partial charge in [-0.3, -0.25) is 4.84 Å². The lowest BCUT2D eigenvalue weighted by Gasteiger charge is -1.90. The molecule has 1 aromatic heterocycles. The standard InChI is InChI=1S/C7H7N2O.CH4O3S/c1-10-9-4-2-7(6-8)3-5-9;1-5(2,3)4/h2-5H,1H3;1H3,(H,2,3,4)/q+1;/p-1. The molecular weight excluding hydrogens is 220 g/mol. The molecule has 0 aliphatic heterocycles. The molecule has 1 heterocycles. The summed E-state index contributed by atoms with van der Waals surface area (Å²) in [6.07, 6.45) is 3.96. The molecule has 0 radical (unpaired) electrons. The number of hydrogen-bond acceptors (Lipinski definition) is 5. The first-order chi connectivity index (χ1) is 6.86. The van der Waals surface area contributed by atoms with Crippen molar-refractivity contribution in [2.45, 2.75) is 0 Å². The van der Waals surface area contributed by atoms with E-state index in [9.17, 15) is 0 Å². The molecule has 0 unspecified atom stereocenters. The van der Waals surface area contributed by atoms with E-state index in [2.05, 4.69) is 0 Å². The lowest BCUT2D eigenvalue weighted by Crippen LogP contribution is -2.39. The Balaban J connectivity index is 0.000000336. The Hall–Kier alpha value is -1.65. The summed E-state index contributed by atoms with van der Waals surface area (Å²) >= 11 is 0. The van der Waals surface area contributed by atoms with Crippen LogP contribution in [0.3, 0.4) is 0 Å². The number of nitriles is 1. The molecule has 0 aliphatic carbocycles. The van der Waals surface area contributed by atoms with Gasteiger partial charge in [0.25, 0.3) is 0 Å². The quantitative estimate of drug-likeness (QED) is 0.458. The van der Waals surface area contributed by atoms with Gasteiger partial charge in [0.2, 0.25) is 12.4 Å². The molecule has 0 aliphatic rings. The van der Waals surface area contributed by atoms with Crippen molar-refractivity contribution in [3.05, 3.63) is 30.1 Å². The van der Waals surface area contributed by atoms with Gasteiger partial charge in [0, 0.05) is 23.1 Å². The van der Waals surface area contributed by atoms with E-state index in [4.69, 9.17) is 23.1 Å². The summed E-state index contributed by atoms with van der Waals surface area (Å²) in [5, 5.41) is 8.40. The molecule has 15 heavy (non-hydrogen) atoms. The molecule has 0 N–H and O–H groups in total. The summed E-state index contributed by atoms with van der Waals surface area (Å²) in [5.41, 5.74) is 0.633. The largest absolute Gasteiger partial charge is 0.748 e. The third-order valence-electron chi connectivity index (χ3n) is 1.14. The highest BCUT2D eigenvalue weighted by Gasteiger charge is 1.96. The van der Waals surface area contributed by atoms with Crippen LogP contribution >= 0.6 is 0 Å². The van der Waals surface area contributed by atoms with E-state index in [1.54, 1.807) is 31.6 Å². The molecule has 7 heteroatoms. The summed E-state index contributed by atoms with van der Waals surface area (Å²) in [6, 6.07) is 5.38. The zero-order valence-electron chi connectivity index (χ0n) is 8.25. The first-order valence-electron chi connectivity index (χ1n) is 3.73. The average molecular weight is 230 g/mol. The highest BCUT2D eigenvalue weighted by molar-refractivity contribution is 7.84. The van der Waals surface area contributed by atoms with Gasteiger partial charge in [0.05, 0.1) is 21.8 Å². The van der Waals surface area contributed by atoms with Gasteiger partial charge in [-0.25, -0.2) is 8.42 Å². The molecule has 6 nitrogen and oxygen atoms in total. The van der Waals surface area contributed by atoms with Crippen LogP contribution in [0.25, 0.3) is 0 Å². The highest BCUT2D eigenvalue weighted by atomic mass is 32.2. The van der Waals surface area contributed by atoms with Gasteiger partial charge >= 0.3 is 0 Å². The van der Waals surface area contributed by atoms with Crippen LogP contribution in [0.15, 0.2) is 24.5 Å². The fraction of sp³-hybridized carbons (Fsp3) is 0.250. The van der Waals surface area contributed by atoms with Crippen LogP contribution in [0.4, 0.5) is 0 Å². The van der Waals surface area contributed by atoms with E-state index in [0.717, 1.165) is 0 Å². The number of nitrogens with zero attached hydrogens (tertiary/aromatic N) is 2. The molecule has 0 spiro atoms. The minimum absolute atomic E-state index is 0.604. The second kappa shape index (κ2) is 5.95. The zero-order chi connectivity index (χ0) is 11.9.